The molecule has 112 valence electrons. The number of carbonyl (C=O) groups is 1. The van der Waals surface area contributed by atoms with Crippen molar-refractivity contribution in [3.8, 4) is 11.5 Å². The predicted octanol–water partition coefficient (Wildman–Crippen LogP) is 1.79. The molecule has 0 bridgehead atoms. The Kier molecular flexibility index (Phi) is 5.82. The second-order valence-corrected chi connectivity index (χ2v) is 4.67. The summed E-state index contributed by atoms with van der Waals surface area (Å²) in [6.07, 6.45) is 0.503. The van der Waals surface area contributed by atoms with Gasteiger partial charge < -0.3 is 19.5 Å². The van der Waals surface area contributed by atoms with Crippen LogP contribution in [0.3, 0.4) is 0 Å². The van der Waals surface area contributed by atoms with Crippen molar-refractivity contribution in [3.63, 3.8) is 0 Å². The SMILES string of the molecule is CCOC(=O)C(C)(Cc1ccc(OC)c(OC)c1)NC. The van der Waals surface area contributed by atoms with Gasteiger partial charge in [0, 0.05) is 6.42 Å². The number of rotatable bonds is 7. The molecule has 0 saturated carbocycles. The zero-order valence-electron chi connectivity index (χ0n) is 12.8. The maximum atomic E-state index is 12.0. The molecule has 20 heavy (non-hydrogen) atoms. The van der Waals surface area contributed by atoms with Gasteiger partial charge in [0.15, 0.2) is 11.5 Å². The smallest absolute Gasteiger partial charge is 0.326 e. The molecular formula is C15H23NO4. The van der Waals surface area contributed by atoms with E-state index in [0.717, 1.165) is 5.56 Å². The second kappa shape index (κ2) is 7.14. The largest absolute Gasteiger partial charge is 0.493 e. The van der Waals surface area contributed by atoms with Crippen LogP contribution in [0.25, 0.3) is 0 Å². The zero-order valence-corrected chi connectivity index (χ0v) is 12.8. The second-order valence-electron chi connectivity index (χ2n) is 4.67. The van der Waals surface area contributed by atoms with Gasteiger partial charge in [-0.05, 0) is 38.6 Å². The maximum absolute atomic E-state index is 12.0. The average molecular weight is 281 g/mol. The number of esters is 1. The van der Waals surface area contributed by atoms with Crippen LogP contribution in [0.5, 0.6) is 11.5 Å². The summed E-state index contributed by atoms with van der Waals surface area (Å²) in [7, 11) is 4.93. The Morgan fingerprint density at radius 2 is 1.90 bits per heavy atom. The van der Waals surface area contributed by atoms with Gasteiger partial charge in [0.1, 0.15) is 5.54 Å². The Bertz CT molecular complexity index is 461. The first-order valence-corrected chi connectivity index (χ1v) is 6.57. The monoisotopic (exact) mass is 281 g/mol. The lowest BCUT2D eigenvalue weighted by molar-refractivity contribution is -0.150. The van der Waals surface area contributed by atoms with Gasteiger partial charge in [-0.25, -0.2) is 0 Å². The Labute approximate surface area is 120 Å². The van der Waals surface area contributed by atoms with Crippen LogP contribution < -0.4 is 14.8 Å². The van der Waals surface area contributed by atoms with Crippen LogP contribution in [0.1, 0.15) is 19.4 Å². The molecule has 0 spiro atoms. The molecular weight excluding hydrogens is 258 g/mol. The number of carbonyl (C=O) groups excluding carboxylic acids is 1. The van der Waals surface area contributed by atoms with Crippen molar-refractivity contribution in [3.05, 3.63) is 23.8 Å². The molecule has 0 aliphatic carbocycles. The molecule has 1 rings (SSSR count). The zero-order chi connectivity index (χ0) is 15.2. The van der Waals surface area contributed by atoms with Gasteiger partial charge in [-0.2, -0.15) is 0 Å². The molecule has 0 aromatic heterocycles. The Morgan fingerprint density at radius 3 is 2.40 bits per heavy atom. The predicted molar refractivity (Wildman–Crippen MR) is 77.3 cm³/mol. The highest BCUT2D eigenvalue weighted by Gasteiger charge is 2.33. The van der Waals surface area contributed by atoms with E-state index in [9.17, 15) is 4.79 Å². The van der Waals surface area contributed by atoms with Crippen molar-refractivity contribution in [2.45, 2.75) is 25.8 Å². The molecule has 0 aliphatic rings. The van der Waals surface area contributed by atoms with Crippen molar-refractivity contribution >= 4 is 5.97 Å². The van der Waals surface area contributed by atoms with Gasteiger partial charge in [-0.1, -0.05) is 6.07 Å². The lowest BCUT2D eigenvalue weighted by atomic mass is 9.93. The number of ether oxygens (including phenoxy) is 3. The van der Waals surface area contributed by atoms with Crippen molar-refractivity contribution in [2.75, 3.05) is 27.9 Å². The molecule has 1 N–H and O–H groups in total. The highest BCUT2D eigenvalue weighted by Crippen LogP contribution is 2.29. The summed E-state index contributed by atoms with van der Waals surface area (Å²) in [4.78, 5) is 12.0. The Balaban J connectivity index is 2.98. The van der Waals surface area contributed by atoms with E-state index in [2.05, 4.69) is 5.32 Å². The lowest BCUT2D eigenvalue weighted by Crippen LogP contribution is -2.50. The van der Waals surface area contributed by atoms with Crippen molar-refractivity contribution in [1.82, 2.24) is 5.32 Å². The number of nitrogens with one attached hydrogen (secondary N) is 1. The summed E-state index contributed by atoms with van der Waals surface area (Å²) in [5, 5.41) is 3.03. The third kappa shape index (κ3) is 3.63. The van der Waals surface area contributed by atoms with E-state index >= 15 is 0 Å². The van der Waals surface area contributed by atoms with Gasteiger partial charge in [-0.15, -0.1) is 0 Å². The third-order valence-corrected chi connectivity index (χ3v) is 3.28. The Morgan fingerprint density at radius 1 is 1.25 bits per heavy atom. The fourth-order valence-corrected chi connectivity index (χ4v) is 1.95. The number of hydrogen-bond acceptors (Lipinski definition) is 5. The highest BCUT2D eigenvalue weighted by molar-refractivity contribution is 5.80. The van der Waals surface area contributed by atoms with E-state index in [0.29, 0.717) is 24.5 Å². The molecule has 1 aromatic carbocycles. The van der Waals surface area contributed by atoms with E-state index in [1.54, 1.807) is 28.2 Å². The van der Waals surface area contributed by atoms with Crippen molar-refractivity contribution < 1.29 is 19.0 Å². The number of methoxy groups -OCH3 is 2. The van der Waals surface area contributed by atoms with Gasteiger partial charge in [0.25, 0.3) is 0 Å². The van der Waals surface area contributed by atoms with Crippen LogP contribution in [0.15, 0.2) is 18.2 Å². The third-order valence-electron chi connectivity index (χ3n) is 3.28. The van der Waals surface area contributed by atoms with Crippen LogP contribution >= 0.6 is 0 Å². The topological polar surface area (TPSA) is 56.8 Å². The molecule has 0 radical (unpaired) electrons. The first kappa shape index (κ1) is 16.3. The summed E-state index contributed by atoms with van der Waals surface area (Å²) >= 11 is 0. The minimum atomic E-state index is -0.768. The molecule has 1 atom stereocenters. The summed E-state index contributed by atoms with van der Waals surface area (Å²) in [5.41, 5.74) is 0.197. The molecule has 0 heterocycles. The van der Waals surface area contributed by atoms with Crippen LogP contribution in [0.4, 0.5) is 0 Å². The fraction of sp³-hybridized carbons (Fsp3) is 0.533. The molecule has 5 nitrogen and oxygen atoms in total. The average Bonchev–Trinajstić information content (AvgIpc) is 2.47. The van der Waals surface area contributed by atoms with E-state index in [4.69, 9.17) is 14.2 Å². The summed E-state index contributed by atoms with van der Waals surface area (Å²) in [6, 6.07) is 5.61. The van der Waals surface area contributed by atoms with E-state index in [1.165, 1.54) is 0 Å². The van der Waals surface area contributed by atoms with E-state index in [1.807, 2.05) is 25.1 Å². The van der Waals surface area contributed by atoms with Crippen LogP contribution in [-0.2, 0) is 16.0 Å². The minimum Gasteiger partial charge on any atom is -0.493 e. The van der Waals surface area contributed by atoms with Crippen LogP contribution in [-0.4, -0.2) is 39.4 Å². The quantitative estimate of drug-likeness (QED) is 0.772. The van der Waals surface area contributed by atoms with Gasteiger partial charge >= 0.3 is 5.97 Å². The lowest BCUT2D eigenvalue weighted by Gasteiger charge is -2.27. The molecule has 0 aliphatic heterocycles. The first-order valence-electron chi connectivity index (χ1n) is 6.57. The standard InChI is InChI=1S/C15H23NO4/c1-6-20-14(17)15(2,16-3)10-11-7-8-12(18-4)13(9-11)19-5/h7-9,16H,6,10H2,1-5H3. The molecule has 1 aromatic rings. The van der Waals surface area contributed by atoms with Crippen molar-refractivity contribution in [1.29, 1.82) is 0 Å². The maximum Gasteiger partial charge on any atom is 0.326 e. The number of benzene rings is 1. The minimum absolute atomic E-state index is 0.266. The van der Waals surface area contributed by atoms with Crippen LogP contribution in [0, 0.1) is 0 Å². The van der Waals surface area contributed by atoms with Crippen molar-refractivity contribution in [2.24, 2.45) is 0 Å². The molecule has 0 amide bonds. The van der Waals surface area contributed by atoms with Gasteiger partial charge in [-0.3, -0.25) is 4.79 Å². The van der Waals surface area contributed by atoms with Crippen LogP contribution in [0.2, 0.25) is 0 Å². The fourth-order valence-electron chi connectivity index (χ4n) is 1.95. The normalized spacial score (nSPS) is 13.4. The number of likely N-dealkylation sites (N-methyl/N-ethyl adjacent to an activating group) is 1. The Hall–Kier alpha value is -1.75. The van der Waals surface area contributed by atoms with E-state index < -0.39 is 5.54 Å². The summed E-state index contributed by atoms with van der Waals surface area (Å²) in [5.74, 6) is 1.04. The van der Waals surface area contributed by atoms with E-state index in [-0.39, 0.29) is 5.97 Å². The summed E-state index contributed by atoms with van der Waals surface area (Å²) < 4.78 is 15.6. The number of hydrogen-bond donors (Lipinski definition) is 1. The van der Waals surface area contributed by atoms with Gasteiger partial charge in [0.05, 0.1) is 20.8 Å². The first-order chi connectivity index (χ1) is 9.50. The molecule has 0 saturated heterocycles. The van der Waals surface area contributed by atoms with Gasteiger partial charge in [0.2, 0.25) is 0 Å². The molecule has 1 unspecified atom stereocenters. The highest BCUT2D eigenvalue weighted by atomic mass is 16.5. The molecule has 0 fully saturated rings. The molecule has 5 heteroatoms. The summed E-state index contributed by atoms with van der Waals surface area (Å²) in [6.45, 7) is 3.98.